The third kappa shape index (κ3) is 13.5. The second-order valence-corrected chi connectivity index (χ2v) is 14.8. The number of hydrogen-bond donors (Lipinski definition) is 4. The van der Waals surface area contributed by atoms with Crippen molar-refractivity contribution in [3.05, 3.63) is 29.3 Å². The molecule has 0 bridgehead atoms. The van der Waals surface area contributed by atoms with Gasteiger partial charge >= 0.3 is 0 Å². The minimum absolute atomic E-state index is 0.0526. The van der Waals surface area contributed by atoms with Gasteiger partial charge in [0, 0.05) is 24.8 Å². The number of amides is 1. The molecule has 1 aromatic carbocycles. The van der Waals surface area contributed by atoms with E-state index < -0.39 is 28.1 Å². The zero-order chi connectivity index (χ0) is 30.0. The lowest BCUT2D eigenvalue weighted by molar-refractivity contribution is -0.125. The molecule has 5 atom stereocenters. The molecule has 0 saturated heterocycles. The van der Waals surface area contributed by atoms with E-state index in [-0.39, 0.29) is 35.5 Å². The molecule has 1 aromatic rings. The van der Waals surface area contributed by atoms with Crippen LogP contribution in [-0.4, -0.2) is 67.9 Å². The highest BCUT2D eigenvalue weighted by molar-refractivity contribution is 7.90. The fourth-order valence-electron chi connectivity index (χ4n) is 4.62. The molecule has 0 radical (unpaired) electrons. The molecule has 0 aromatic heterocycles. The number of nitrogens with two attached hydrogens (primary N) is 1. The number of aliphatic hydroxyl groups is 2. The summed E-state index contributed by atoms with van der Waals surface area (Å²) < 4.78 is 29.0. The highest BCUT2D eigenvalue weighted by Gasteiger charge is 2.27. The first-order valence-corrected chi connectivity index (χ1v) is 16.3. The summed E-state index contributed by atoms with van der Waals surface area (Å²) in [6, 6.07) is 5.60. The molecule has 0 heterocycles. The Kier molecular flexibility index (Phi) is 14.4. The lowest BCUT2D eigenvalue weighted by Crippen LogP contribution is -2.41. The molecule has 0 aliphatic heterocycles. The topological polar surface area (TPSA) is 139 Å². The molecule has 8 nitrogen and oxygen atoms in total. The van der Waals surface area contributed by atoms with Gasteiger partial charge in [0.15, 0.2) is 0 Å². The van der Waals surface area contributed by atoms with Gasteiger partial charge in [-0.15, -0.1) is 0 Å². The van der Waals surface area contributed by atoms with Crippen LogP contribution in [-0.2, 0) is 26.5 Å². The van der Waals surface area contributed by atoms with E-state index >= 15 is 0 Å². The van der Waals surface area contributed by atoms with E-state index in [1.165, 1.54) is 0 Å². The van der Waals surface area contributed by atoms with Crippen LogP contribution in [0.2, 0.25) is 0 Å². The van der Waals surface area contributed by atoms with E-state index in [1.54, 1.807) is 0 Å². The first-order valence-electron chi connectivity index (χ1n) is 14.3. The van der Waals surface area contributed by atoms with Crippen molar-refractivity contribution in [2.45, 2.75) is 104 Å². The van der Waals surface area contributed by atoms with Crippen LogP contribution in [0.3, 0.4) is 0 Å². The number of sulfone groups is 1. The zero-order valence-corrected chi connectivity index (χ0v) is 26.2. The van der Waals surface area contributed by atoms with Crippen molar-refractivity contribution in [3.8, 4) is 5.75 Å². The van der Waals surface area contributed by atoms with Gasteiger partial charge in [-0.1, -0.05) is 67.0 Å². The average Bonchev–Trinajstić information content (AvgIpc) is 2.80. The van der Waals surface area contributed by atoms with Crippen LogP contribution in [0.4, 0.5) is 0 Å². The molecular weight excluding hydrogens is 516 g/mol. The Labute approximate surface area is 237 Å². The molecule has 0 spiro atoms. The minimum Gasteiger partial charge on any atom is -0.491 e. The van der Waals surface area contributed by atoms with Crippen LogP contribution < -0.4 is 15.8 Å². The third-order valence-electron chi connectivity index (χ3n) is 7.16. The average molecular weight is 571 g/mol. The number of benzene rings is 1. The van der Waals surface area contributed by atoms with Crippen LogP contribution in [0.15, 0.2) is 18.2 Å². The third-order valence-corrected chi connectivity index (χ3v) is 8.15. The number of unbranched alkanes of at least 4 members (excludes halogenated alkanes) is 1. The van der Waals surface area contributed by atoms with Gasteiger partial charge in [0.1, 0.15) is 28.3 Å². The number of hydrogen-bond acceptors (Lipinski definition) is 7. The van der Waals surface area contributed by atoms with Crippen molar-refractivity contribution in [1.82, 2.24) is 5.32 Å². The maximum Gasteiger partial charge on any atom is 0.222 e. The Bertz CT molecular complexity index is 990. The normalized spacial score (nSPS) is 16.4. The van der Waals surface area contributed by atoms with E-state index in [0.717, 1.165) is 36.6 Å². The maximum absolute atomic E-state index is 12.3. The molecule has 2 unspecified atom stereocenters. The van der Waals surface area contributed by atoms with Gasteiger partial charge in [-0.25, -0.2) is 8.42 Å². The van der Waals surface area contributed by atoms with E-state index in [4.69, 9.17) is 10.5 Å². The SMILES string of the molecule is CCCCNC(=O)C(C)C[C@H](O)[C@@H](N)C[C@H](Cc1ccc(C(C)(C)C)c(OCC(O)CS(C)(=O)=O)c1)C(C)C. The van der Waals surface area contributed by atoms with Gasteiger partial charge < -0.3 is 26.0 Å². The molecule has 9 heteroatoms. The van der Waals surface area contributed by atoms with Crippen molar-refractivity contribution in [1.29, 1.82) is 0 Å². The van der Waals surface area contributed by atoms with Gasteiger partial charge in [-0.05, 0) is 60.1 Å². The van der Waals surface area contributed by atoms with Gasteiger partial charge in [-0.3, -0.25) is 4.79 Å². The Hall–Kier alpha value is -1.68. The van der Waals surface area contributed by atoms with Gasteiger partial charge in [0.05, 0.1) is 11.9 Å². The lowest BCUT2D eigenvalue weighted by atomic mass is 9.81. The van der Waals surface area contributed by atoms with Crippen molar-refractivity contribution < 1.29 is 28.2 Å². The second kappa shape index (κ2) is 15.9. The van der Waals surface area contributed by atoms with Crippen molar-refractivity contribution in [2.24, 2.45) is 23.5 Å². The number of ether oxygens (including phenoxy) is 1. The van der Waals surface area contributed by atoms with Crippen LogP contribution in [0, 0.1) is 17.8 Å². The maximum atomic E-state index is 12.3. The number of rotatable bonds is 17. The van der Waals surface area contributed by atoms with E-state index in [2.05, 4.69) is 52.9 Å². The Morgan fingerprint density at radius 1 is 1.13 bits per heavy atom. The molecule has 0 aliphatic rings. The first kappa shape index (κ1) is 35.3. The summed E-state index contributed by atoms with van der Waals surface area (Å²) in [6.07, 6.45) is 2.78. The van der Waals surface area contributed by atoms with Gasteiger partial charge in [-0.2, -0.15) is 0 Å². The summed E-state index contributed by atoms with van der Waals surface area (Å²) in [5.74, 6) is 0.397. The van der Waals surface area contributed by atoms with Crippen LogP contribution >= 0.6 is 0 Å². The second-order valence-electron chi connectivity index (χ2n) is 12.6. The number of aliphatic hydroxyl groups excluding tert-OH is 2. The molecule has 5 N–H and O–H groups in total. The summed E-state index contributed by atoms with van der Waals surface area (Å²) in [4.78, 5) is 12.3. The first-order chi connectivity index (χ1) is 17.9. The van der Waals surface area contributed by atoms with Gasteiger partial charge in [0.2, 0.25) is 5.91 Å². The molecule has 0 saturated carbocycles. The van der Waals surface area contributed by atoms with Crippen molar-refractivity contribution >= 4 is 15.7 Å². The number of nitrogens with one attached hydrogen (secondary N) is 1. The summed E-state index contributed by atoms with van der Waals surface area (Å²) in [7, 11) is -3.32. The van der Waals surface area contributed by atoms with Crippen LogP contribution in [0.25, 0.3) is 0 Å². The van der Waals surface area contributed by atoms with Crippen LogP contribution in [0.1, 0.15) is 85.3 Å². The predicted molar refractivity (Wildman–Crippen MR) is 159 cm³/mol. The summed E-state index contributed by atoms with van der Waals surface area (Å²) in [5, 5.41) is 23.9. The smallest absolute Gasteiger partial charge is 0.222 e. The molecule has 1 amide bonds. The van der Waals surface area contributed by atoms with E-state index in [0.29, 0.717) is 31.1 Å². The fourth-order valence-corrected chi connectivity index (χ4v) is 5.42. The molecule has 226 valence electrons. The summed E-state index contributed by atoms with van der Waals surface area (Å²) >= 11 is 0. The number of carbonyl (C=O) groups excluding carboxylic acids is 1. The van der Waals surface area contributed by atoms with Crippen molar-refractivity contribution in [3.63, 3.8) is 0 Å². The largest absolute Gasteiger partial charge is 0.491 e. The highest BCUT2D eigenvalue weighted by Crippen LogP contribution is 2.34. The lowest BCUT2D eigenvalue weighted by Gasteiger charge is -2.29. The molecular formula is C30H54N2O6S. The number of carbonyl (C=O) groups is 1. The summed E-state index contributed by atoms with van der Waals surface area (Å²) in [6.45, 7) is 14.9. The molecule has 39 heavy (non-hydrogen) atoms. The molecule has 0 fully saturated rings. The Morgan fingerprint density at radius 2 is 1.77 bits per heavy atom. The molecule has 1 rings (SSSR count). The Morgan fingerprint density at radius 3 is 2.31 bits per heavy atom. The highest BCUT2D eigenvalue weighted by atomic mass is 32.2. The quantitative estimate of drug-likeness (QED) is 0.210. The fraction of sp³-hybridized carbons (Fsp3) is 0.767. The summed E-state index contributed by atoms with van der Waals surface area (Å²) in [5.41, 5.74) is 8.24. The predicted octanol–water partition coefficient (Wildman–Crippen LogP) is 3.60. The van der Waals surface area contributed by atoms with E-state index in [1.807, 2.05) is 19.1 Å². The minimum atomic E-state index is -3.32. The molecule has 0 aliphatic carbocycles. The monoisotopic (exact) mass is 570 g/mol. The standard InChI is InChI=1S/C30H54N2O6S/c1-9-10-13-32-29(35)21(4)14-27(34)26(31)17-23(20(2)3)15-22-11-12-25(30(5,6)7)28(16-22)38-18-24(33)19-39(8,36)37/h11-12,16,20-21,23-24,26-27,33-34H,9-10,13-15,17-19,31H2,1-8H3,(H,32,35)/t21?,23-,24?,26-,27-/m0/s1. The van der Waals surface area contributed by atoms with Gasteiger partial charge in [0.25, 0.3) is 0 Å². The van der Waals surface area contributed by atoms with Crippen molar-refractivity contribution in [2.75, 3.05) is 25.2 Å². The van der Waals surface area contributed by atoms with Crippen LogP contribution in [0.5, 0.6) is 5.75 Å². The zero-order valence-electron chi connectivity index (χ0n) is 25.4. The Balaban J connectivity index is 2.95. The van der Waals surface area contributed by atoms with E-state index in [9.17, 15) is 23.4 Å².